The minimum absolute atomic E-state index is 0.0542. The smallest absolute Gasteiger partial charge is 0.303 e. The van der Waals surface area contributed by atoms with Gasteiger partial charge in [-0.05, 0) is 44.3 Å². The van der Waals surface area contributed by atoms with Crippen molar-refractivity contribution in [3.05, 3.63) is 19.2 Å². The predicted molar refractivity (Wildman–Crippen MR) is 77.9 cm³/mol. The van der Waals surface area contributed by atoms with Crippen molar-refractivity contribution in [2.75, 3.05) is 0 Å². The van der Waals surface area contributed by atoms with Gasteiger partial charge in [0.05, 0.1) is 3.79 Å². The second-order valence-corrected chi connectivity index (χ2v) is 7.18. The summed E-state index contributed by atoms with van der Waals surface area (Å²) in [5, 5.41) is 11.5. The molecule has 0 aliphatic heterocycles. The minimum atomic E-state index is -0.848. The van der Waals surface area contributed by atoms with E-state index in [1.165, 1.54) is 6.92 Å². The number of thiophene rings is 1. The summed E-state index contributed by atoms with van der Waals surface area (Å²) in [6, 6.07) is 1.83. The molecule has 1 aromatic heterocycles. The largest absolute Gasteiger partial charge is 0.481 e. The van der Waals surface area contributed by atoms with Crippen molar-refractivity contribution in [1.82, 2.24) is 5.32 Å². The lowest BCUT2D eigenvalue weighted by atomic mass is 10.1. The molecule has 2 N–H and O–H groups in total. The van der Waals surface area contributed by atoms with Crippen molar-refractivity contribution in [3.63, 3.8) is 0 Å². The van der Waals surface area contributed by atoms with E-state index < -0.39 is 5.97 Å². The Morgan fingerprint density at radius 3 is 2.61 bits per heavy atom. The van der Waals surface area contributed by atoms with Gasteiger partial charge in [0, 0.05) is 35.2 Å². The third-order valence-electron chi connectivity index (χ3n) is 2.26. The van der Waals surface area contributed by atoms with Gasteiger partial charge in [0.2, 0.25) is 5.91 Å². The van der Waals surface area contributed by atoms with Crippen LogP contribution < -0.4 is 5.32 Å². The fourth-order valence-corrected chi connectivity index (χ4v) is 3.80. The Balaban J connectivity index is 2.64. The fourth-order valence-electron chi connectivity index (χ4n) is 1.55. The topological polar surface area (TPSA) is 66.4 Å². The van der Waals surface area contributed by atoms with Crippen molar-refractivity contribution in [2.24, 2.45) is 0 Å². The quantitative estimate of drug-likeness (QED) is 0.773. The van der Waals surface area contributed by atoms with Gasteiger partial charge in [-0.1, -0.05) is 0 Å². The van der Waals surface area contributed by atoms with Gasteiger partial charge in [-0.2, -0.15) is 0 Å². The molecule has 0 spiro atoms. The molecule has 7 heteroatoms. The molecular formula is C11H13Br2NO3S. The number of hydrogen-bond donors (Lipinski definition) is 2. The van der Waals surface area contributed by atoms with Crippen LogP contribution in [0.15, 0.2) is 14.3 Å². The van der Waals surface area contributed by atoms with Crippen LogP contribution in [0.3, 0.4) is 0 Å². The normalized spacial score (nSPS) is 12.2. The Bertz CT molecular complexity index is 428. The lowest BCUT2D eigenvalue weighted by Crippen LogP contribution is -2.35. The zero-order chi connectivity index (χ0) is 13.7. The second kappa shape index (κ2) is 7.25. The monoisotopic (exact) mass is 397 g/mol. The lowest BCUT2D eigenvalue weighted by Gasteiger charge is -2.15. The molecule has 0 fully saturated rings. The van der Waals surface area contributed by atoms with E-state index in [1.54, 1.807) is 11.3 Å². The van der Waals surface area contributed by atoms with Gasteiger partial charge < -0.3 is 10.4 Å². The van der Waals surface area contributed by atoms with Gasteiger partial charge in [-0.25, -0.2) is 0 Å². The van der Waals surface area contributed by atoms with Crippen molar-refractivity contribution in [2.45, 2.75) is 32.2 Å². The number of amides is 1. The van der Waals surface area contributed by atoms with Gasteiger partial charge in [0.25, 0.3) is 0 Å². The number of carbonyl (C=O) groups is 2. The summed E-state index contributed by atoms with van der Waals surface area (Å²) in [6.07, 6.45) is 1.13. The Hall–Kier alpha value is -0.400. The summed E-state index contributed by atoms with van der Waals surface area (Å²) in [5.74, 6) is -0.987. The summed E-state index contributed by atoms with van der Waals surface area (Å²) in [4.78, 5) is 22.8. The third kappa shape index (κ3) is 5.49. The van der Waals surface area contributed by atoms with Crippen LogP contribution in [-0.4, -0.2) is 23.0 Å². The molecule has 1 atom stereocenters. The Kier molecular flexibility index (Phi) is 6.31. The molecule has 0 saturated heterocycles. The molecule has 1 rings (SSSR count). The fraction of sp³-hybridized carbons (Fsp3) is 0.455. The van der Waals surface area contributed by atoms with Crippen LogP contribution in [0.2, 0.25) is 0 Å². The minimum Gasteiger partial charge on any atom is -0.481 e. The maximum absolute atomic E-state index is 11.1. The summed E-state index contributed by atoms with van der Waals surface area (Å²) in [5.41, 5.74) is 0. The number of carboxylic acid groups (broad SMARTS) is 1. The molecule has 1 aromatic rings. The molecule has 0 aromatic carbocycles. The molecule has 0 aliphatic rings. The first-order chi connectivity index (χ1) is 8.38. The average molecular weight is 399 g/mol. The third-order valence-corrected chi connectivity index (χ3v) is 5.54. The van der Waals surface area contributed by atoms with Gasteiger partial charge in [-0.3, -0.25) is 9.59 Å². The zero-order valence-electron chi connectivity index (χ0n) is 9.70. The van der Waals surface area contributed by atoms with E-state index in [0.717, 1.165) is 13.1 Å². The van der Waals surface area contributed by atoms with Crippen LogP contribution in [-0.2, 0) is 16.0 Å². The van der Waals surface area contributed by atoms with E-state index in [-0.39, 0.29) is 18.4 Å². The highest BCUT2D eigenvalue weighted by Crippen LogP contribution is 2.33. The first-order valence-corrected chi connectivity index (χ1v) is 7.71. The predicted octanol–water partition coefficient (Wildman–Crippen LogP) is 3.19. The first-order valence-electron chi connectivity index (χ1n) is 5.31. The summed E-state index contributed by atoms with van der Waals surface area (Å²) >= 11 is 8.39. The van der Waals surface area contributed by atoms with E-state index in [9.17, 15) is 9.59 Å². The summed E-state index contributed by atoms with van der Waals surface area (Å²) in [7, 11) is 0. The van der Waals surface area contributed by atoms with Crippen molar-refractivity contribution in [3.8, 4) is 0 Å². The van der Waals surface area contributed by atoms with Crippen LogP contribution >= 0.6 is 43.2 Å². The number of aliphatic carboxylic acids is 1. The molecule has 0 bridgehead atoms. The van der Waals surface area contributed by atoms with Crippen LogP contribution in [0.5, 0.6) is 0 Å². The second-order valence-electron chi connectivity index (χ2n) is 3.87. The Labute approximate surface area is 126 Å². The molecule has 1 unspecified atom stereocenters. The van der Waals surface area contributed by atoms with E-state index >= 15 is 0 Å². The van der Waals surface area contributed by atoms with Gasteiger partial charge in [0.1, 0.15) is 0 Å². The van der Waals surface area contributed by atoms with Crippen LogP contribution in [0.1, 0.15) is 24.6 Å². The standard InChI is InChI=1S/C11H13Br2NO3S/c1-6(15)14-7(2-3-10(16)17)4-8-5-9(12)11(13)18-8/h5,7H,2-4H2,1H3,(H,14,15)(H,16,17). The van der Waals surface area contributed by atoms with Crippen molar-refractivity contribution in [1.29, 1.82) is 0 Å². The number of carboxylic acids is 1. The van der Waals surface area contributed by atoms with Gasteiger partial charge >= 0.3 is 5.97 Å². The van der Waals surface area contributed by atoms with Gasteiger partial charge in [0.15, 0.2) is 0 Å². The zero-order valence-corrected chi connectivity index (χ0v) is 13.7. The summed E-state index contributed by atoms with van der Waals surface area (Å²) < 4.78 is 1.97. The maximum Gasteiger partial charge on any atom is 0.303 e. The van der Waals surface area contributed by atoms with E-state index in [1.807, 2.05) is 6.07 Å². The SMILES string of the molecule is CC(=O)NC(CCC(=O)O)Cc1cc(Br)c(Br)s1. The highest BCUT2D eigenvalue weighted by molar-refractivity contribution is 9.13. The molecule has 0 radical (unpaired) electrons. The van der Waals surface area contributed by atoms with E-state index in [4.69, 9.17) is 5.11 Å². The van der Waals surface area contributed by atoms with E-state index in [0.29, 0.717) is 12.8 Å². The molecule has 4 nitrogen and oxygen atoms in total. The first kappa shape index (κ1) is 15.7. The average Bonchev–Trinajstić information content (AvgIpc) is 2.54. The lowest BCUT2D eigenvalue weighted by molar-refractivity contribution is -0.137. The van der Waals surface area contributed by atoms with Crippen LogP contribution in [0, 0.1) is 0 Å². The number of halogens is 2. The molecule has 0 saturated carbocycles. The number of hydrogen-bond acceptors (Lipinski definition) is 3. The molecule has 1 heterocycles. The number of nitrogens with one attached hydrogen (secondary N) is 1. The Morgan fingerprint density at radius 2 is 2.17 bits per heavy atom. The number of carbonyl (C=O) groups excluding carboxylic acids is 1. The maximum atomic E-state index is 11.1. The van der Waals surface area contributed by atoms with Gasteiger partial charge in [-0.15, -0.1) is 11.3 Å². The van der Waals surface area contributed by atoms with Crippen molar-refractivity contribution >= 4 is 55.1 Å². The Morgan fingerprint density at radius 1 is 1.50 bits per heavy atom. The molecule has 1 amide bonds. The molecule has 100 valence electrons. The highest BCUT2D eigenvalue weighted by atomic mass is 79.9. The summed E-state index contributed by atoms with van der Waals surface area (Å²) in [6.45, 7) is 1.44. The highest BCUT2D eigenvalue weighted by Gasteiger charge is 2.15. The van der Waals surface area contributed by atoms with Crippen LogP contribution in [0.4, 0.5) is 0 Å². The van der Waals surface area contributed by atoms with Crippen molar-refractivity contribution < 1.29 is 14.7 Å². The molecular weight excluding hydrogens is 386 g/mol. The number of rotatable bonds is 6. The molecule has 0 aliphatic carbocycles. The van der Waals surface area contributed by atoms with E-state index in [2.05, 4.69) is 37.2 Å². The molecule has 18 heavy (non-hydrogen) atoms. The van der Waals surface area contributed by atoms with Crippen LogP contribution in [0.25, 0.3) is 0 Å².